The summed E-state index contributed by atoms with van der Waals surface area (Å²) < 4.78 is 4.32. The van der Waals surface area contributed by atoms with Gasteiger partial charge in [0.15, 0.2) is 0 Å². The number of nitrogens with zero attached hydrogens (tertiary/aromatic N) is 5. The van der Waals surface area contributed by atoms with E-state index in [0.29, 0.717) is 5.95 Å². The van der Waals surface area contributed by atoms with E-state index in [1.807, 2.05) is 48.5 Å². The Kier molecular flexibility index (Phi) is 3.88. The molecular weight excluding hydrogens is 442 g/mol. The molecule has 0 fully saturated rings. The van der Waals surface area contributed by atoms with E-state index in [2.05, 4.69) is 75.8 Å². The minimum atomic E-state index is 0.659. The minimum Gasteiger partial charge on any atom is -0.300 e. The molecule has 0 amide bonds. The highest BCUT2D eigenvalue weighted by atomic mass is 15.2. The molecule has 0 unspecified atom stereocenters. The summed E-state index contributed by atoms with van der Waals surface area (Å²) in [7, 11) is 0. The summed E-state index contributed by atoms with van der Waals surface area (Å²) in [5.41, 5.74) is 8.02. The van der Waals surface area contributed by atoms with E-state index < -0.39 is 0 Å². The molecule has 5 nitrogen and oxygen atoms in total. The Morgan fingerprint density at radius 3 is 2.19 bits per heavy atom. The van der Waals surface area contributed by atoms with Gasteiger partial charge in [0.2, 0.25) is 5.95 Å². The van der Waals surface area contributed by atoms with Crippen LogP contribution in [0.4, 0.5) is 0 Å². The van der Waals surface area contributed by atoms with Gasteiger partial charge < -0.3 is 0 Å². The Hall–Kier alpha value is -5.03. The number of para-hydroxylation sites is 2. The van der Waals surface area contributed by atoms with Crippen molar-refractivity contribution in [3.05, 3.63) is 115 Å². The van der Waals surface area contributed by atoms with Gasteiger partial charge in [-0.05, 0) is 36.4 Å². The second-order valence-corrected chi connectivity index (χ2v) is 9.01. The van der Waals surface area contributed by atoms with E-state index in [4.69, 9.17) is 15.0 Å². The first-order chi connectivity index (χ1) is 17.8. The first-order valence-electron chi connectivity index (χ1n) is 12.0. The minimum absolute atomic E-state index is 0.659. The van der Waals surface area contributed by atoms with Crippen LogP contribution in [0.3, 0.4) is 0 Å². The SMILES string of the molecule is c1ccc(-c2nc(-n3c4ccccc4c4cc5nc6ccccn6c5cc43)nc3ccccc23)cc1. The maximum absolute atomic E-state index is 5.17. The summed E-state index contributed by atoms with van der Waals surface area (Å²) in [6.07, 6.45) is 2.06. The Balaban J connectivity index is 1.53. The molecular formula is C31H19N5. The molecule has 0 spiro atoms. The van der Waals surface area contributed by atoms with Crippen LogP contribution in [0.15, 0.2) is 115 Å². The van der Waals surface area contributed by atoms with Crippen molar-refractivity contribution in [1.82, 2.24) is 23.9 Å². The molecule has 4 heterocycles. The average molecular weight is 462 g/mol. The van der Waals surface area contributed by atoms with Crippen LogP contribution in [-0.4, -0.2) is 23.9 Å². The number of hydrogen-bond acceptors (Lipinski definition) is 3. The fourth-order valence-electron chi connectivity index (χ4n) is 5.32. The lowest BCUT2D eigenvalue weighted by Gasteiger charge is -2.11. The molecule has 0 aliphatic rings. The van der Waals surface area contributed by atoms with Crippen molar-refractivity contribution >= 4 is 49.4 Å². The van der Waals surface area contributed by atoms with E-state index in [-0.39, 0.29) is 0 Å². The van der Waals surface area contributed by atoms with Crippen LogP contribution >= 0.6 is 0 Å². The first kappa shape index (κ1) is 19.3. The summed E-state index contributed by atoms with van der Waals surface area (Å²) in [5.74, 6) is 0.659. The second kappa shape index (κ2) is 7.23. The van der Waals surface area contributed by atoms with Gasteiger partial charge in [0.05, 0.1) is 33.3 Å². The zero-order valence-electron chi connectivity index (χ0n) is 19.2. The zero-order chi connectivity index (χ0) is 23.6. The van der Waals surface area contributed by atoms with Crippen molar-refractivity contribution in [2.75, 3.05) is 0 Å². The lowest BCUT2D eigenvalue weighted by molar-refractivity contribution is 1.01. The highest BCUT2D eigenvalue weighted by molar-refractivity contribution is 6.13. The molecule has 8 rings (SSSR count). The third-order valence-electron chi connectivity index (χ3n) is 6.94. The van der Waals surface area contributed by atoms with Gasteiger partial charge in [0.25, 0.3) is 0 Å². The maximum atomic E-state index is 5.17. The molecule has 0 aliphatic heterocycles. The fourth-order valence-corrected chi connectivity index (χ4v) is 5.32. The predicted octanol–water partition coefficient (Wildman–Crippen LogP) is 7.19. The number of aromatic nitrogens is 5. The van der Waals surface area contributed by atoms with E-state index in [0.717, 1.165) is 60.6 Å². The van der Waals surface area contributed by atoms with Crippen LogP contribution in [0, 0.1) is 0 Å². The van der Waals surface area contributed by atoms with Crippen molar-refractivity contribution in [1.29, 1.82) is 0 Å². The molecule has 5 heteroatoms. The maximum Gasteiger partial charge on any atom is 0.235 e. The molecule has 36 heavy (non-hydrogen) atoms. The predicted molar refractivity (Wildman–Crippen MR) is 146 cm³/mol. The van der Waals surface area contributed by atoms with E-state index in [1.165, 1.54) is 0 Å². The Labute approximate surface area is 205 Å². The third kappa shape index (κ3) is 2.68. The number of pyridine rings is 1. The lowest BCUT2D eigenvalue weighted by Crippen LogP contribution is -2.03. The van der Waals surface area contributed by atoms with Gasteiger partial charge in [-0.1, -0.05) is 72.8 Å². The molecule has 0 saturated heterocycles. The average Bonchev–Trinajstić information content (AvgIpc) is 3.46. The summed E-state index contributed by atoms with van der Waals surface area (Å²) in [4.78, 5) is 15.1. The van der Waals surface area contributed by atoms with Gasteiger partial charge in [-0.2, -0.15) is 0 Å². The lowest BCUT2D eigenvalue weighted by atomic mass is 10.1. The molecule has 0 aliphatic carbocycles. The summed E-state index contributed by atoms with van der Waals surface area (Å²) in [5, 5.41) is 3.33. The number of benzene rings is 4. The Morgan fingerprint density at radius 2 is 1.28 bits per heavy atom. The van der Waals surface area contributed by atoms with Gasteiger partial charge in [0.1, 0.15) is 5.65 Å². The highest BCUT2D eigenvalue weighted by Gasteiger charge is 2.18. The number of rotatable bonds is 2. The van der Waals surface area contributed by atoms with E-state index in [9.17, 15) is 0 Å². The Morgan fingerprint density at radius 1 is 0.500 bits per heavy atom. The molecule has 0 radical (unpaired) electrons. The van der Waals surface area contributed by atoms with Gasteiger partial charge in [0, 0.05) is 27.9 Å². The molecule has 0 atom stereocenters. The molecule has 168 valence electrons. The first-order valence-corrected chi connectivity index (χ1v) is 12.0. The van der Waals surface area contributed by atoms with Crippen molar-refractivity contribution in [3.63, 3.8) is 0 Å². The standard InChI is InChI=1S/C31H19N5/c1-2-10-20(11-3-1)30-22-13-4-6-14-24(22)33-31(34-30)36-26-15-7-5-12-21(26)23-18-25-28(19-27(23)36)35-17-9-8-16-29(35)32-25/h1-19H. The number of imidazole rings is 1. The topological polar surface area (TPSA) is 48.0 Å². The molecule has 4 aromatic heterocycles. The van der Waals surface area contributed by atoms with Crippen molar-refractivity contribution < 1.29 is 0 Å². The van der Waals surface area contributed by atoms with Crippen LogP contribution in [0.25, 0.3) is 66.6 Å². The van der Waals surface area contributed by atoms with Crippen molar-refractivity contribution in [3.8, 4) is 17.2 Å². The van der Waals surface area contributed by atoms with Crippen LogP contribution in [-0.2, 0) is 0 Å². The van der Waals surface area contributed by atoms with Crippen molar-refractivity contribution in [2.24, 2.45) is 0 Å². The van der Waals surface area contributed by atoms with Gasteiger partial charge in [-0.25, -0.2) is 15.0 Å². The van der Waals surface area contributed by atoms with Crippen LogP contribution in [0.1, 0.15) is 0 Å². The second-order valence-electron chi connectivity index (χ2n) is 9.01. The van der Waals surface area contributed by atoms with Gasteiger partial charge >= 0.3 is 0 Å². The van der Waals surface area contributed by atoms with Gasteiger partial charge in [-0.15, -0.1) is 0 Å². The highest BCUT2D eigenvalue weighted by Crippen LogP contribution is 2.35. The van der Waals surface area contributed by atoms with Crippen LogP contribution < -0.4 is 0 Å². The van der Waals surface area contributed by atoms with Crippen LogP contribution in [0.2, 0.25) is 0 Å². The van der Waals surface area contributed by atoms with E-state index in [1.54, 1.807) is 0 Å². The fraction of sp³-hybridized carbons (Fsp3) is 0. The van der Waals surface area contributed by atoms with E-state index >= 15 is 0 Å². The smallest absolute Gasteiger partial charge is 0.235 e. The van der Waals surface area contributed by atoms with Gasteiger partial charge in [-0.3, -0.25) is 8.97 Å². The summed E-state index contributed by atoms with van der Waals surface area (Å²) in [6, 6.07) is 37.5. The molecule has 0 bridgehead atoms. The summed E-state index contributed by atoms with van der Waals surface area (Å²) >= 11 is 0. The van der Waals surface area contributed by atoms with Crippen LogP contribution in [0.5, 0.6) is 0 Å². The summed E-state index contributed by atoms with van der Waals surface area (Å²) in [6.45, 7) is 0. The van der Waals surface area contributed by atoms with Crippen molar-refractivity contribution in [2.45, 2.75) is 0 Å². The quantitative estimate of drug-likeness (QED) is 0.274. The molecule has 0 saturated carbocycles. The zero-order valence-corrected chi connectivity index (χ0v) is 19.2. The normalized spacial score (nSPS) is 11.9. The monoisotopic (exact) mass is 461 g/mol. The third-order valence-corrected chi connectivity index (χ3v) is 6.94. The molecule has 8 aromatic rings. The number of hydrogen-bond donors (Lipinski definition) is 0. The molecule has 4 aromatic carbocycles. The largest absolute Gasteiger partial charge is 0.300 e. The Bertz CT molecular complexity index is 2100. The number of fused-ring (bicyclic) bond motifs is 7. The molecule has 0 N–H and O–H groups in total.